The number of aromatic hydroxyl groups is 3. The fourth-order valence-corrected chi connectivity index (χ4v) is 5.12. The number of phenols is 3. The Balaban J connectivity index is 1.67. The summed E-state index contributed by atoms with van der Waals surface area (Å²) in [5.74, 6) is -1.39. The van der Waals surface area contributed by atoms with Gasteiger partial charge in [-0.25, -0.2) is 0 Å². The Hall–Kier alpha value is -3.31. The van der Waals surface area contributed by atoms with Crippen LogP contribution in [-0.2, 0) is 14.2 Å². The van der Waals surface area contributed by atoms with Crippen molar-refractivity contribution in [2.45, 2.75) is 68.1 Å². The number of phenolic OH excluding ortho intramolecular Hbond substituents is 3. The van der Waals surface area contributed by atoms with Crippen molar-refractivity contribution in [1.82, 2.24) is 0 Å². The number of rotatable bonds is 5. The molecule has 1 aromatic heterocycles. The van der Waals surface area contributed by atoms with E-state index in [0.717, 1.165) is 12.1 Å². The first-order valence-corrected chi connectivity index (χ1v) is 12.7. The van der Waals surface area contributed by atoms with Crippen LogP contribution in [0, 0.1) is 0 Å². The Bertz CT molecular complexity index is 1460. The number of hydrogen-bond acceptors (Lipinski definition) is 14. The lowest BCUT2D eigenvalue weighted by atomic mass is 9.89. The number of fused-ring (bicyclic) bond motifs is 1. The lowest BCUT2D eigenvalue weighted by Gasteiger charge is -2.46. The Morgan fingerprint density at radius 1 is 0.829 bits per heavy atom. The molecule has 0 unspecified atom stereocenters. The number of benzene rings is 2. The Kier molecular flexibility index (Phi) is 7.95. The molecule has 0 amide bonds. The zero-order valence-electron chi connectivity index (χ0n) is 21.5. The van der Waals surface area contributed by atoms with Crippen molar-refractivity contribution in [1.29, 1.82) is 0 Å². The minimum Gasteiger partial charge on any atom is -0.508 e. The van der Waals surface area contributed by atoms with Gasteiger partial charge in [0, 0.05) is 17.7 Å². The van der Waals surface area contributed by atoms with Gasteiger partial charge in [-0.3, -0.25) is 4.79 Å². The monoisotopic (exact) mass is 578 g/mol. The molecule has 10 atom stereocenters. The maximum absolute atomic E-state index is 13.1. The van der Waals surface area contributed by atoms with E-state index in [1.807, 2.05) is 0 Å². The molecule has 5 rings (SSSR count). The molecule has 222 valence electrons. The smallest absolute Gasteiger partial charge is 0.197 e. The highest BCUT2D eigenvalue weighted by Gasteiger charge is 2.51. The molecule has 2 aromatic carbocycles. The van der Waals surface area contributed by atoms with Crippen LogP contribution in [0.15, 0.2) is 45.6 Å². The second-order valence-electron chi connectivity index (χ2n) is 10.1. The molecule has 0 spiro atoms. The molecule has 3 heterocycles. The summed E-state index contributed by atoms with van der Waals surface area (Å²) in [6.07, 6.45) is -16.0. The van der Waals surface area contributed by atoms with Crippen LogP contribution >= 0.6 is 0 Å². The highest BCUT2D eigenvalue weighted by atomic mass is 16.7. The third-order valence-electron chi connectivity index (χ3n) is 7.40. The lowest BCUT2D eigenvalue weighted by molar-refractivity contribution is -0.338. The van der Waals surface area contributed by atoms with Crippen molar-refractivity contribution in [3.05, 3.63) is 52.2 Å². The van der Waals surface area contributed by atoms with E-state index in [4.69, 9.17) is 18.6 Å². The van der Waals surface area contributed by atoms with Crippen LogP contribution in [0.4, 0.5) is 0 Å². The second kappa shape index (κ2) is 11.2. The van der Waals surface area contributed by atoms with Crippen LogP contribution in [0.5, 0.6) is 17.2 Å². The van der Waals surface area contributed by atoms with Crippen LogP contribution in [0.3, 0.4) is 0 Å². The van der Waals surface area contributed by atoms with Crippen molar-refractivity contribution in [2.75, 3.05) is 6.61 Å². The van der Waals surface area contributed by atoms with Gasteiger partial charge in [0.2, 0.25) is 0 Å². The van der Waals surface area contributed by atoms with Gasteiger partial charge in [-0.2, -0.15) is 0 Å². The van der Waals surface area contributed by atoms with Crippen molar-refractivity contribution >= 4 is 11.0 Å². The maximum atomic E-state index is 13.1. The highest BCUT2D eigenvalue weighted by Crippen LogP contribution is 2.45. The average Bonchev–Trinajstić information content (AvgIpc) is 2.93. The molecule has 41 heavy (non-hydrogen) atoms. The van der Waals surface area contributed by atoms with Crippen LogP contribution in [0.25, 0.3) is 22.3 Å². The number of aliphatic hydroxyl groups excluding tert-OH is 6. The number of hydrogen-bond donors (Lipinski definition) is 9. The predicted molar refractivity (Wildman–Crippen MR) is 137 cm³/mol. The molecule has 0 saturated carbocycles. The summed E-state index contributed by atoms with van der Waals surface area (Å²) in [5, 5.41) is 93.0. The summed E-state index contributed by atoms with van der Waals surface area (Å²) in [7, 11) is 0. The largest absolute Gasteiger partial charge is 0.508 e. The highest BCUT2D eigenvalue weighted by molar-refractivity contribution is 5.89. The van der Waals surface area contributed by atoms with E-state index in [-0.39, 0.29) is 28.0 Å². The van der Waals surface area contributed by atoms with Gasteiger partial charge in [0.1, 0.15) is 77.2 Å². The van der Waals surface area contributed by atoms with Gasteiger partial charge in [-0.1, -0.05) is 0 Å². The molecular weight excluding hydrogens is 548 g/mol. The van der Waals surface area contributed by atoms with Crippen molar-refractivity contribution < 1.29 is 64.6 Å². The Labute approximate surface area is 231 Å². The molecule has 2 aliphatic heterocycles. The van der Waals surface area contributed by atoms with Gasteiger partial charge < -0.3 is 64.6 Å². The average molecular weight is 579 g/mol. The summed E-state index contributed by atoms with van der Waals surface area (Å²) in [6.45, 7) is 0.613. The molecule has 0 bridgehead atoms. The van der Waals surface area contributed by atoms with Gasteiger partial charge in [0.25, 0.3) is 0 Å². The minimum absolute atomic E-state index is 0.0294. The molecule has 3 aromatic rings. The van der Waals surface area contributed by atoms with Crippen molar-refractivity contribution in [3.8, 4) is 28.6 Å². The zero-order chi connectivity index (χ0) is 29.7. The summed E-state index contributed by atoms with van der Waals surface area (Å²) in [5.41, 5.74) is -1.08. The number of aliphatic hydroxyl groups is 6. The lowest BCUT2D eigenvalue weighted by Crippen LogP contribution is -2.61. The normalized spacial score (nSPS) is 34.1. The molecule has 2 fully saturated rings. The standard InChI is InChI=1S/C27H30O14/c1-9-19(33)21(35)23(37)27(38-9)41-26-22(36)20(34)16(8-28)40-25(26)18-13(31)6-12(30)17-14(32)7-15(39-24(17)18)10-2-4-11(29)5-3-10/h2-7,9,16,19-23,25-31,33-37H,8H2,1H3/t9-,16-,19+,20-,21-,22+,23-,25+,26-,27-/m1/s1. The molecular formula is C27H30O14. The van der Waals surface area contributed by atoms with E-state index in [1.165, 1.54) is 31.2 Å². The summed E-state index contributed by atoms with van der Waals surface area (Å²) in [4.78, 5) is 13.1. The van der Waals surface area contributed by atoms with E-state index in [1.54, 1.807) is 0 Å². The van der Waals surface area contributed by atoms with Gasteiger partial charge in [0.15, 0.2) is 17.3 Å². The van der Waals surface area contributed by atoms with Crippen molar-refractivity contribution in [3.63, 3.8) is 0 Å². The third-order valence-corrected chi connectivity index (χ3v) is 7.40. The summed E-state index contributed by atoms with van der Waals surface area (Å²) >= 11 is 0. The van der Waals surface area contributed by atoms with Gasteiger partial charge in [-0.05, 0) is 31.2 Å². The molecule has 14 heteroatoms. The molecule has 2 saturated heterocycles. The zero-order valence-corrected chi connectivity index (χ0v) is 21.5. The van der Waals surface area contributed by atoms with Crippen LogP contribution in [0.2, 0.25) is 0 Å². The summed E-state index contributed by atoms with van der Waals surface area (Å²) in [6, 6.07) is 7.53. The van der Waals surface area contributed by atoms with Crippen LogP contribution in [0.1, 0.15) is 18.6 Å². The first kappa shape index (κ1) is 29.2. The van der Waals surface area contributed by atoms with E-state index >= 15 is 0 Å². The van der Waals surface area contributed by atoms with E-state index < -0.39 is 84.8 Å². The predicted octanol–water partition coefficient (Wildman–Crippen LogP) is -1.06. The molecule has 0 aliphatic carbocycles. The summed E-state index contributed by atoms with van der Waals surface area (Å²) < 4.78 is 23.0. The van der Waals surface area contributed by atoms with Crippen molar-refractivity contribution in [2.24, 2.45) is 0 Å². The fourth-order valence-electron chi connectivity index (χ4n) is 5.12. The first-order chi connectivity index (χ1) is 19.4. The van der Waals surface area contributed by atoms with E-state index in [2.05, 4.69) is 0 Å². The SMILES string of the molecule is C[C@H]1O[C@H](O[C@@H]2[C@@H](O)[C@H](O)[C@@H](CO)O[C@H]2c2c(O)cc(O)c3c(=O)cc(-c4ccc(O)cc4)oc23)[C@H](O)[C@H](O)[C@H]1O. The fraction of sp³-hybridized carbons (Fsp3) is 0.444. The third kappa shape index (κ3) is 5.14. The van der Waals surface area contributed by atoms with Gasteiger partial charge in [-0.15, -0.1) is 0 Å². The maximum Gasteiger partial charge on any atom is 0.197 e. The molecule has 2 aliphatic rings. The Morgan fingerprint density at radius 3 is 2.17 bits per heavy atom. The minimum atomic E-state index is -1.85. The van der Waals surface area contributed by atoms with Gasteiger partial charge in [0.05, 0.1) is 18.3 Å². The Morgan fingerprint density at radius 2 is 1.51 bits per heavy atom. The molecule has 14 nitrogen and oxygen atoms in total. The van der Waals surface area contributed by atoms with E-state index in [0.29, 0.717) is 5.56 Å². The topological polar surface area (TPSA) is 240 Å². The first-order valence-electron chi connectivity index (χ1n) is 12.7. The van der Waals surface area contributed by atoms with E-state index in [9.17, 15) is 50.8 Å². The van der Waals surface area contributed by atoms with Gasteiger partial charge >= 0.3 is 0 Å². The molecule has 0 radical (unpaired) electrons. The second-order valence-corrected chi connectivity index (χ2v) is 10.1. The van der Waals surface area contributed by atoms with Crippen LogP contribution < -0.4 is 5.43 Å². The number of ether oxygens (including phenoxy) is 3. The molecule has 9 N–H and O–H groups in total. The van der Waals surface area contributed by atoms with Crippen LogP contribution in [-0.4, -0.2) is 108 Å². The quantitative estimate of drug-likeness (QED) is 0.175.